The van der Waals surface area contributed by atoms with E-state index >= 15 is 0 Å². The van der Waals surface area contributed by atoms with Gasteiger partial charge in [0, 0.05) is 18.2 Å². The van der Waals surface area contributed by atoms with Crippen LogP contribution in [0.15, 0.2) is 24.3 Å². The smallest absolute Gasteiger partial charge is 0.247 e. The fraction of sp³-hybridized carbons (Fsp3) is 0.550. The third-order valence-electron chi connectivity index (χ3n) is 4.52. The zero-order chi connectivity index (χ0) is 17.5. The fourth-order valence-corrected chi connectivity index (χ4v) is 3.23. The van der Waals surface area contributed by atoms with Crippen molar-refractivity contribution < 1.29 is 14.3 Å². The van der Waals surface area contributed by atoms with Crippen molar-refractivity contribution in [3.05, 3.63) is 29.8 Å². The average molecular weight is 331 g/mol. The van der Waals surface area contributed by atoms with Crippen molar-refractivity contribution >= 4 is 12.0 Å². The van der Waals surface area contributed by atoms with Gasteiger partial charge < -0.3 is 14.4 Å². The van der Waals surface area contributed by atoms with E-state index in [1.807, 2.05) is 29.2 Å². The van der Waals surface area contributed by atoms with Crippen molar-refractivity contribution in [3.8, 4) is 11.5 Å². The molecule has 1 aliphatic heterocycles. The molecule has 4 nitrogen and oxygen atoms in total. The molecule has 1 aromatic carbocycles. The van der Waals surface area contributed by atoms with Gasteiger partial charge in [0.15, 0.2) is 11.5 Å². The molecular weight excluding hydrogens is 302 g/mol. The first-order valence-electron chi connectivity index (χ1n) is 8.88. The number of piperidine rings is 1. The number of nitrogens with zero attached hydrogens (tertiary/aromatic N) is 1. The van der Waals surface area contributed by atoms with Crippen LogP contribution in [0.5, 0.6) is 11.5 Å². The van der Waals surface area contributed by atoms with Crippen LogP contribution in [0.1, 0.15) is 52.0 Å². The SMILES string of the molecule is CCCOc1ccc(/C=C/C(=O)N2C(C)CCCC2C)cc1OC. The van der Waals surface area contributed by atoms with Crippen LogP contribution in [0.3, 0.4) is 0 Å². The molecule has 1 aromatic rings. The number of hydrogen-bond acceptors (Lipinski definition) is 3. The standard InChI is InChI=1S/C20H29NO3/c1-5-13-24-18-11-9-17(14-19(18)23-4)10-12-20(22)21-15(2)7-6-8-16(21)3/h9-12,14-16H,5-8,13H2,1-4H3/b12-10+. The Balaban J connectivity index is 2.09. The van der Waals surface area contributed by atoms with Crippen molar-refractivity contribution in [2.24, 2.45) is 0 Å². The molecular formula is C20H29NO3. The molecule has 0 aromatic heterocycles. The molecule has 2 rings (SSSR count). The molecule has 4 heteroatoms. The van der Waals surface area contributed by atoms with Gasteiger partial charge in [-0.15, -0.1) is 0 Å². The molecule has 0 saturated carbocycles. The summed E-state index contributed by atoms with van der Waals surface area (Å²) in [6.07, 6.45) is 7.84. The van der Waals surface area contributed by atoms with Gasteiger partial charge in [-0.2, -0.15) is 0 Å². The molecule has 2 atom stereocenters. The number of carbonyl (C=O) groups excluding carboxylic acids is 1. The summed E-state index contributed by atoms with van der Waals surface area (Å²) in [5, 5.41) is 0. The Morgan fingerprint density at radius 1 is 1.25 bits per heavy atom. The number of rotatable bonds is 6. The van der Waals surface area contributed by atoms with Crippen LogP contribution in [0.2, 0.25) is 0 Å². The highest BCUT2D eigenvalue weighted by Gasteiger charge is 2.27. The lowest BCUT2D eigenvalue weighted by Crippen LogP contribution is -2.46. The van der Waals surface area contributed by atoms with Gasteiger partial charge in [-0.1, -0.05) is 13.0 Å². The molecule has 132 valence electrons. The molecule has 0 spiro atoms. The molecule has 1 fully saturated rings. The van der Waals surface area contributed by atoms with E-state index in [-0.39, 0.29) is 5.91 Å². The van der Waals surface area contributed by atoms with Crippen LogP contribution in [0.4, 0.5) is 0 Å². The van der Waals surface area contributed by atoms with Crippen LogP contribution in [0, 0.1) is 0 Å². The Morgan fingerprint density at radius 3 is 2.58 bits per heavy atom. The van der Waals surface area contributed by atoms with Gasteiger partial charge >= 0.3 is 0 Å². The van der Waals surface area contributed by atoms with E-state index in [2.05, 4.69) is 20.8 Å². The summed E-state index contributed by atoms with van der Waals surface area (Å²) in [6.45, 7) is 6.99. The first-order chi connectivity index (χ1) is 11.6. The predicted molar refractivity (Wildman–Crippen MR) is 97.4 cm³/mol. The maximum Gasteiger partial charge on any atom is 0.247 e. The molecule has 2 unspecified atom stereocenters. The van der Waals surface area contributed by atoms with Crippen LogP contribution in [-0.2, 0) is 4.79 Å². The van der Waals surface area contributed by atoms with Crippen molar-refractivity contribution in [1.82, 2.24) is 4.90 Å². The molecule has 0 N–H and O–H groups in total. The Bertz CT molecular complexity index is 572. The first-order valence-corrected chi connectivity index (χ1v) is 8.88. The van der Waals surface area contributed by atoms with Gasteiger partial charge in [0.2, 0.25) is 5.91 Å². The highest BCUT2D eigenvalue weighted by atomic mass is 16.5. The Morgan fingerprint density at radius 2 is 1.96 bits per heavy atom. The molecule has 1 aliphatic rings. The number of benzene rings is 1. The number of carbonyl (C=O) groups is 1. The Hall–Kier alpha value is -1.97. The van der Waals surface area contributed by atoms with Gasteiger partial charge in [-0.25, -0.2) is 0 Å². The van der Waals surface area contributed by atoms with Crippen molar-refractivity contribution in [2.75, 3.05) is 13.7 Å². The molecule has 1 amide bonds. The van der Waals surface area contributed by atoms with E-state index in [4.69, 9.17) is 9.47 Å². The number of likely N-dealkylation sites (tertiary alicyclic amines) is 1. The molecule has 24 heavy (non-hydrogen) atoms. The quantitative estimate of drug-likeness (QED) is 0.730. The van der Waals surface area contributed by atoms with Gasteiger partial charge in [0.25, 0.3) is 0 Å². The number of hydrogen-bond donors (Lipinski definition) is 0. The van der Waals surface area contributed by atoms with Crippen LogP contribution >= 0.6 is 0 Å². The Kier molecular flexibility index (Phi) is 6.71. The molecule has 1 saturated heterocycles. The zero-order valence-corrected chi connectivity index (χ0v) is 15.2. The van der Waals surface area contributed by atoms with Crippen molar-refractivity contribution in [1.29, 1.82) is 0 Å². The average Bonchev–Trinajstić information content (AvgIpc) is 2.58. The molecule has 1 heterocycles. The molecule has 0 aliphatic carbocycles. The minimum absolute atomic E-state index is 0.0833. The zero-order valence-electron chi connectivity index (χ0n) is 15.2. The van der Waals surface area contributed by atoms with Gasteiger partial charge in [0.05, 0.1) is 13.7 Å². The van der Waals surface area contributed by atoms with Crippen LogP contribution in [-0.4, -0.2) is 36.6 Å². The highest BCUT2D eigenvalue weighted by Crippen LogP contribution is 2.29. The predicted octanol–water partition coefficient (Wildman–Crippen LogP) is 4.29. The fourth-order valence-electron chi connectivity index (χ4n) is 3.23. The van der Waals surface area contributed by atoms with Gasteiger partial charge in [0.1, 0.15) is 0 Å². The van der Waals surface area contributed by atoms with E-state index in [9.17, 15) is 4.79 Å². The van der Waals surface area contributed by atoms with Crippen molar-refractivity contribution in [2.45, 2.75) is 58.5 Å². The third-order valence-corrected chi connectivity index (χ3v) is 4.52. The lowest BCUT2D eigenvalue weighted by Gasteiger charge is -2.38. The van der Waals surface area contributed by atoms with E-state index in [0.29, 0.717) is 24.4 Å². The summed E-state index contributed by atoms with van der Waals surface area (Å²) < 4.78 is 11.0. The second kappa shape index (κ2) is 8.76. The van der Waals surface area contributed by atoms with E-state index in [1.165, 1.54) is 6.42 Å². The highest BCUT2D eigenvalue weighted by molar-refractivity contribution is 5.92. The van der Waals surface area contributed by atoms with Gasteiger partial charge in [-0.3, -0.25) is 4.79 Å². The largest absolute Gasteiger partial charge is 0.493 e. The summed E-state index contributed by atoms with van der Waals surface area (Å²) in [6, 6.07) is 6.36. The number of ether oxygens (including phenoxy) is 2. The Labute approximate surface area is 145 Å². The van der Waals surface area contributed by atoms with Crippen molar-refractivity contribution in [3.63, 3.8) is 0 Å². The van der Waals surface area contributed by atoms with Gasteiger partial charge in [-0.05, 0) is 63.3 Å². The van der Waals surface area contributed by atoms with Crippen LogP contribution in [0.25, 0.3) is 6.08 Å². The second-order valence-corrected chi connectivity index (χ2v) is 6.47. The summed E-state index contributed by atoms with van der Waals surface area (Å²) in [7, 11) is 1.63. The normalized spacial score (nSPS) is 21.1. The number of methoxy groups -OCH3 is 1. The summed E-state index contributed by atoms with van der Waals surface area (Å²) >= 11 is 0. The summed E-state index contributed by atoms with van der Waals surface area (Å²) in [5.74, 6) is 1.51. The lowest BCUT2D eigenvalue weighted by atomic mass is 9.97. The topological polar surface area (TPSA) is 38.8 Å². The minimum Gasteiger partial charge on any atom is -0.493 e. The first kappa shape index (κ1) is 18.4. The second-order valence-electron chi connectivity index (χ2n) is 6.47. The summed E-state index contributed by atoms with van der Waals surface area (Å²) in [5.41, 5.74) is 0.932. The summed E-state index contributed by atoms with van der Waals surface area (Å²) in [4.78, 5) is 14.5. The maximum atomic E-state index is 12.5. The maximum absolute atomic E-state index is 12.5. The minimum atomic E-state index is 0.0833. The number of amides is 1. The molecule has 0 bridgehead atoms. The monoisotopic (exact) mass is 331 g/mol. The third kappa shape index (κ3) is 4.53. The van der Waals surface area contributed by atoms with E-state index in [0.717, 1.165) is 30.6 Å². The lowest BCUT2D eigenvalue weighted by molar-refractivity contribution is -0.131. The van der Waals surface area contributed by atoms with Crippen LogP contribution < -0.4 is 9.47 Å². The van der Waals surface area contributed by atoms with E-state index < -0.39 is 0 Å². The molecule has 0 radical (unpaired) electrons. The van der Waals surface area contributed by atoms with E-state index in [1.54, 1.807) is 13.2 Å².